The van der Waals surface area contributed by atoms with Crippen LogP contribution in [0.25, 0.3) is 11.0 Å². The van der Waals surface area contributed by atoms with Crippen LogP contribution in [0.4, 0.5) is 0 Å². The van der Waals surface area contributed by atoms with Crippen molar-refractivity contribution in [2.45, 2.75) is 50.2 Å². The Morgan fingerprint density at radius 1 is 1.03 bits per heavy atom. The van der Waals surface area contributed by atoms with Crippen LogP contribution >= 0.6 is 11.3 Å². The van der Waals surface area contributed by atoms with Gasteiger partial charge in [0.05, 0.1) is 28.5 Å². The molecular formula is C26H30N4O2S2. The van der Waals surface area contributed by atoms with Gasteiger partial charge in [-0.1, -0.05) is 42.8 Å². The van der Waals surface area contributed by atoms with Crippen LogP contribution in [0.1, 0.15) is 48.5 Å². The molecule has 1 aliphatic heterocycles. The van der Waals surface area contributed by atoms with Gasteiger partial charge in [0.1, 0.15) is 5.82 Å². The lowest BCUT2D eigenvalue weighted by Gasteiger charge is -2.25. The molecule has 178 valence electrons. The third kappa shape index (κ3) is 4.55. The van der Waals surface area contributed by atoms with Crippen LogP contribution < -0.4 is 5.32 Å². The monoisotopic (exact) mass is 494 g/mol. The predicted octanol–water partition coefficient (Wildman–Crippen LogP) is 5.17. The molecule has 2 aromatic carbocycles. The Kier molecular flexibility index (Phi) is 6.83. The quantitative estimate of drug-likeness (QED) is 0.367. The van der Waals surface area contributed by atoms with Gasteiger partial charge in [-0.2, -0.15) is 4.31 Å². The predicted molar refractivity (Wildman–Crippen MR) is 137 cm³/mol. The van der Waals surface area contributed by atoms with Crippen molar-refractivity contribution in [2.24, 2.45) is 0 Å². The van der Waals surface area contributed by atoms with E-state index >= 15 is 0 Å². The fraction of sp³-hybridized carbons (Fsp3) is 0.346. The number of benzene rings is 2. The number of hydrogen-bond donors (Lipinski definition) is 1. The summed E-state index contributed by atoms with van der Waals surface area (Å²) in [5.41, 5.74) is 2.90. The van der Waals surface area contributed by atoms with Crippen molar-refractivity contribution in [3.8, 4) is 0 Å². The van der Waals surface area contributed by atoms with Gasteiger partial charge >= 0.3 is 0 Å². The van der Waals surface area contributed by atoms with E-state index in [0.29, 0.717) is 24.5 Å². The van der Waals surface area contributed by atoms with E-state index in [-0.39, 0.29) is 6.04 Å². The summed E-state index contributed by atoms with van der Waals surface area (Å²) in [5, 5.41) is 5.78. The second-order valence-corrected chi connectivity index (χ2v) is 11.5. The molecule has 0 radical (unpaired) electrons. The first kappa shape index (κ1) is 23.2. The summed E-state index contributed by atoms with van der Waals surface area (Å²) in [5.74, 6) is 0.905. The van der Waals surface area contributed by atoms with Crippen LogP contribution in [0.3, 0.4) is 0 Å². The number of piperidine rings is 1. The number of nitrogens with one attached hydrogen (secondary N) is 1. The first-order chi connectivity index (χ1) is 16.6. The molecule has 1 fully saturated rings. The first-order valence-electron chi connectivity index (χ1n) is 11.9. The largest absolute Gasteiger partial charge is 0.327 e. The van der Waals surface area contributed by atoms with Crippen molar-refractivity contribution >= 4 is 32.4 Å². The summed E-state index contributed by atoms with van der Waals surface area (Å²) in [6, 6.07) is 20.1. The Bertz CT molecular complexity index is 1340. The average molecular weight is 495 g/mol. The molecule has 5 rings (SSSR count). The summed E-state index contributed by atoms with van der Waals surface area (Å²) >= 11 is 1.73. The van der Waals surface area contributed by atoms with Crippen LogP contribution in [0, 0.1) is 0 Å². The molecule has 0 unspecified atom stereocenters. The first-order valence-corrected chi connectivity index (χ1v) is 14.2. The fourth-order valence-corrected chi connectivity index (χ4v) is 7.10. The number of thiophene rings is 1. The van der Waals surface area contributed by atoms with Gasteiger partial charge in [-0.3, -0.25) is 5.32 Å². The topological polar surface area (TPSA) is 67.2 Å². The van der Waals surface area contributed by atoms with Gasteiger partial charge in [0, 0.05) is 24.5 Å². The van der Waals surface area contributed by atoms with E-state index in [2.05, 4.69) is 58.6 Å². The van der Waals surface area contributed by atoms with Gasteiger partial charge in [-0.25, -0.2) is 13.4 Å². The minimum Gasteiger partial charge on any atom is -0.327 e. The molecule has 6 nitrogen and oxygen atoms in total. The minimum absolute atomic E-state index is 0.0707. The maximum absolute atomic E-state index is 13.2. The van der Waals surface area contributed by atoms with Gasteiger partial charge < -0.3 is 4.57 Å². The van der Waals surface area contributed by atoms with Gasteiger partial charge in [0.2, 0.25) is 10.0 Å². The number of fused-ring (bicyclic) bond motifs is 1. The number of nitrogens with zero attached hydrogens (tertiary/aromatic N) is 3. The van der Waals surface area contributed by atoms with Crippen LogP contribution in [0.2, 0.25) is 0 Å². The summed E-state index contributed by atoms with van der Waals surface area (Å²) in [7, 11) is -3.49. The Labute approximate surface area is 205 Å². The lowest BCUT2D eigenvalue weighted by atomic mass is 10.1. The molecular weight excluding hydrogens is 464 g/mol. The number of imidazole rings is 1. The van der Waals surface area contributed by atoms with E-state index in [1.54, 1.807) is 27.8 Å². The molecule has 4 aromatic rings. The Balaban J connectivity index is 1.44. The van der Waals surface area contributed by atoms with Crippen LogP contribution in [-0.4, -0.2) is 35.4 Å². The Hall–Kier alpha value is -2.52. The van der Waals surface area contributed by atoms with Crippen LogP contribution in [-0.2, 0) is 23.1 Å². The third-order valence-corrected chi connectivity index (χ3v) is 9.32. The molecule has 0 aliphatic carbocycles. The molecule has 8 heteroatoms. The number of aryl methyl sites for hydroxylation is 1. The third-order valence-electron chi connectivity index (χ3n) is 6.49. The second-order valence-electron chi connectivity index (χ2n) is 8.63. The minimum atomic E-state index is -3.49. The Morgan fingerprint density at radius 3 is 2.53 bits per heavy atom. The van der Waals surface area contributed by atoms with E-state index in [4.69, 9.17) is 4.98 Å². The van der Waals surface area contributed by atoms with E-state index in [1.807, 2.05) is 12.1 Å². The summed E-state index contributed by atoms with van der Waals surface area (Å²) in [4.78, 5) is 6.46. The molecule has 0 bridgehead atoms. The molecule has 1 saturated heterocycles. The van der Waals surface area contributed by atoms with E-state index in [9.17, 15) is 8.42 Å². The van der Waals surface area contributed by atoms with Crippen molar-refractivity contribution in [3.63, 3.8) is 0 Å². The lowest BCUT2D eigenvalue weighted by Crippen LogP contribution is -2.35. The molecule has 2 aromatic heterocycles. The van der Waals surface area contributed by atoms with Crippen LogP contribution in [0.5, 0.6) is 0 Å². The normalized spacial score (nSPS) is 16.1. The van der Waals surface area contributed by atoms with Crippen molar-refractivity contribution in [2.75, 3.05) is 13.1 Å². The van der Waals surface area contributed by atoms with Crippen molar-refractivity contribution in [1.29, 1.82) is 0 Å². The molecule has 3 heterocycles. The SMILES string of the molecule is CCn1c(CN[C@H](c2ccccc2)c2cccs2)nc2cc(S(=O)(=O)N3CCCCC3)ccc21. The molecule has 1 atom stereocenters. The van der Waals surface area contributed by atoms with Gasteiger partial charge in [0.25, 0.3) is 0 Å². The summed E-state index contributed by atoms with van der Waals surface area (Å²) in [6.45, 7) is 4.64. The number of rotatable bonds is 8. The molecule has 1 aliphatic rings. The maximum atomic E-state index is 13.2. The highest BCUT2D eigenvalue weighted by molar-refractivity contribution is 7.89. The smallest absolute Gasteiger partial charge is 0.243 e. The zero-order chi connectivity index (χ0) is 23.5. The van der Waals surface area contributed by atoms with E-state index < -0.39 is 10.0 Å². The molecule has 0 spiro atoms. The second kappa shape index (κ2) is 10.00. The zero-order valence-electron chi connectivity index (χ0n) is 19.4. The number of sulfonamides is 1. The standard InChI is InChI=1S/C26H30N4O2S2/c1-2-30-23-14-13-21(34(31,32)29-15-7-4-8-16-29)18-22(23)28-25(30)19-27-26(24-12-9-17-33-24)20-10-5-3-6-11-20/h3,5-6,9-14,17-18,26-27H,2,4,7-8,15-16,19H2,1H3/t26-/m1/s1. The fourth-order valence-electron chi connectivity index (χ4n) is 4.74. The lowest BCUT2D eigenvalue weighted by molar-refractivity contribution is 0.346. The van der Waals surface area contributed by atoms with Crippen molar-refractivity contribution in [3.05, 3.63) is 82.3 Å². The average Bonchev–Trinajstić information content (AvgIpc) is 3.53. The van der Waals surface area contributed by atoms with Crippen LogP contribution in [0.15, 0.2) is 70.9 Å². The van der Waals surface area contributed by atoms with E-state index in [0.717, 1.165) is 42.7 Å². The van der Waals surface area contributed by atoms with Crippen molar-refractivity contribution in [1.82, 2.24) is 19.2 Å². The highest BCUT2D eigenvalue weighted by atomic mass is 32.2. The number of aromatic nitrogens is 2. The molecule has 34 heavy (non-hydrogen) atoms. The molecule has 0 saturated carbocycles. The van der Waals surface area contributed by atoms with Gasteiger partial charge in [-0.05, 0) is 55.0 Å². The highest BCUT2D eigenvalue weighted by Gasteiger charge is 2.27. The van der Waals surface area contributed by atoms with Crippen molar-refractivity contribution < 1.29 is 8.42 Å². The van der Waals surface area contributed by atoms with E-state index in [1.165, 1.54) is 10.4 Å². The molecule has 1 N–H and O–H groups in total. The number of hydrogen-bond acceptors (Lipinski definition) is 5. The summed E-state index contributed by atoms with van der Waals surface area (Å²) in [6.07, 6.45) is 2.95. The molecule has 0 amide bonds. The highest BCUT2D eigenvalue weighted by Crippen LogP contribution is 2.28. The zero-order valence-corrected chi connectivity index (χ0v) is 21.0. The Morgan fingerprint density at radius 2 is 1.82 bits per heavy atom. The van der Waals surface area contributed by atoms with Gasteiger partial charge in [0.15, 0.2) is 0 Å². The summed E-state index contributed by atoms with van der Waals surface area (Å²) < 4.78 is 30.1. The maximum Gasteiger partial charge on any atom is 0.243 e. The van der Waals surface area contributed by atoms with Gasteiger partial charge in [-0.15, -0.1) is 11.3 Å².